The second-order valence-electron chi connectivity index (χ2n) is 3.34. The Morgan fingerprint density at radius 2 is 2.00 bits per heavy atom. The van der Waals surface area contributed by atoms with Gasteiger partial charge in [-0.2, -0.15) is 4.52 Å². The first-order chi connectivity index (χ1) is 8.25. The largest absolute Gasteiger partial charge is 0.300 e. The van der Waals surface area contributed by atoms with Crippen molar-refractivity contribution in [1.29, 1.82) is 0 Å². The lowest BCUT2D eigenvalue weighted by molar-refractivity contribution is 0.855. The lowest BCUT2D eigenvalue weighted by atomic mass is 10.2. The summed E-state index contributed by atoms with van der Waals surface area (Å²) in [7, 11) is 0. The van der Waals surface area contributed by atoms with Crippen molar-refractivity contribution in [3.05, 3.63) is 44.6 Å². The van der Waals surface area contributed by atoms with Gasteiger partial charge in [0.05, 0.1) is 0 Å². The van der Waals surface area contributed by atoms with E-state index in [0.717, 1.165) is 5.56 Å². The summed E-state index contributed by atoms with van der Waals surface area (Å²) < 4.78 is 1.82. The predicted octanol–water partition coefficient (Wildman–Crippen LogP) is 1.88. The number of nitrogens with zero attached hydrogens (tertiary/aromatic N) is 3. The minimum Gasteiger partial charge on any atom is -0.270 e. The quantitative estimate of drug-likeness (QED) is 0.680. The van der Waals surface area contributed by atoms with Crippen molar-refractivity contribution < 1.29 is 0 Å². The number of hydrogen-bond donors (Lipinski definition) is 1. The molecule has 0 unspecified atom stereocenters. The van der Waals surface area contributed by atoms with Crippen LogP contribution in [0.1, 0.15) is 0 Å². The van der Waals surface area contributed by atoms with E-state index in [1.165, 1.54) is 15.9 Å². The van der Waals surface area contributed by atoms with Gasteiger partial charge in [-0.05, 0) is 12.2 Å². The number of benzene rings is 1. The molecule has 1 N–H and O–H groups in total. The van der Waals surface area contributed by atoms with Gasteiger partial charge in [0.15, 0.2) is 9.65 Å². The Morgan fingerprint density at radius 1 is 1.24 bits per heavy atom. The number of hydrogen-bond acceptors (Lipinski definition) is 5. The van der Waals surface area contributed by atoms with Gasteiger partial charge in [-0.1, -0.05) is 41.7 Å². The summed E-state index contributed by atoms with van der Waals surface area (Å²) >= 11 is 6.19. The number of nitrogens with one attached hydrogen (secondary N) is 1. The van der Waals surface area contributed by atoms with Gasteiger partial charge >= 0.3 is 0 Å². The van der Waals surface area contributed by atoms with Crippen LogP contribution in [-0.2, 0) is 0 Å². The van der Waals surface area contributed by atoms with Crippen molar-refractivity contribution in [2.24, 2.45) is 0 Å². The van der Waals surface area contributed by atoms with Crippen LogP contribution in [0.3, 0.4) is 0 Å². The molecule has 0 amide bonds. The smallest absolute Gasteiger partial charge is 0.270 e. The molecule has 3 aromatic rings. The minimum absolute atomic E-state index is 0.242. The van der Waals surface area contributed by atoms with E-state index in [9.17, 15) is 4.79 Å². The zero-order valence-electron chi connectivity index (χ0n) is 8.45. The molecule has 0 aliphatic rings. The summed E-state index contributed by atoms with van der Waals surface area (Å²) in [4.78, 5) is 12.6. The molecular formula is C10H6N4OS2. The van der Waals surface area contributed by atoms with E-state index < -0.39 is 0 Å². The van der Waals surface area contributed by atoms with Gasteiger partial charge in [-0.3, -0.25) is 9.89 Å². The van der Waals surface area contributed by atoms with E-state index in [1.807, 2.05) is 30.3 Å². The van der Waals surface area contributed by atoms with Gasteiger partial charge in [0.1, 0.15) is 0 Å². The summed E-state index contributed by atoms with van der Waals surface area (Å²) in [5, 5.41) is 10.7. The average Bonchev–Trinajstić information content (AvgIpc) is 2.72. The Balaban J connectivity index is 2.36. The van der Waals surface area contributed by atoms with Gasteiger partial charge in [-0.15, -0.1) is 10.2 Å². The van der Waals surface area contributed by atoms with Gasteiger partial charge in [0.25, 0.3) is 5.56 Å². The number of rotatable bonds is 1. The molecule has 2 heterocycles. The van der Waals surface area contributed by atoms with Crippen LogP contribution in [0.5, 0.6) is 0 Å². The Hall–Kier alpha value is -1.86. The van der Waals surface area contributed by atoms with Crippen LogP contribution in [0.4, 0.5) is 0 Å². The van der Waals surface area contributed by atoms with E-state index in [1.54, 1.807) is 0 Å². The number of fused-ring (bicyclic) bond motifs is 1. The zero-order chi connectivity index (χ0) is 11.8. The van der Waals surface area contributed by atoms with Crippen LogP contribution < -0.4 is 5.56 Å². The maximum Gasteiger partial charge on any atom is 0.300 e. The van der Waals surface area contributed by atoms with E-state index in [2.05, 4.69) is 15.3 Å². The van der Waals surface area contributed by atoms with Crippen LogP contribution >= 0.6 is 23.6 Å². The zero-order valence-corrected chi connectivity index (χ0v) is 10.1. The third kappa shape index (κ3) is 1.69. The lowest BCUT2D eigenvalue weighted by Gasteiger charge is -1.98. The van der Waals surface area contributed by atoms with E-state index in [-0.39, 0.29) is 5.56 Å². The maximum absolute atomic E-state index is 12.1. The second-order valence-corrected chi connectivity index (χ2v) is 4.98. The highest BCUT2D eigenvalue weighted by molar-refractivity contribution is 7.73. The van der Waals surface area contributed by atoms with Crippen molar-refractivity contribution >= 4 is 28.5 Å². The molecule has 0 saturated carbocycles. The molecule has 5 nitrogen and oxygen atoms in total. The molecule has 0 spiro atoms. The monoisotopic (exact) mass is 262 g/mol. The normalized spacial score (nSPS) is 10.8. The first kappa shape index (κ1) is 10.3. The third-order valence-corrected chi connectivity index (χ3v) is 3.33. The molecular weight excluding hydrogens is 256 g/mol. The number of aromatic nitrogens is 4. The van der Waals surface area contributed by atoms with Crippen molar-refractivity contribution in [2.45, 2.75) is 0 Å². The molecule has 17 heavy (non-hydrogen) atoms. The predicted molar refractivity (Wildman–Crippen MR) is 67.8 cm³/mol. The van der Waals surface area contributed by atoms with Crippen molar-refractivity contribution in [2.75, 3.05) is 0 Å². The molecule has 0 bridgehead atoms. The van der Waals surface area contributed by atoms with E-state index in [4.69, 9.17) is 12.2 Å². The van der Waals surface area contributed by atoms with Gasteiger partial charge < -0.3 is 0 Å². The topological polar surface area (TPSA) is 63.0 Å². The SMILES string of the molecule is O=c1c(-c2ccccc2)nnc2sc(=S)[nH]n12. The van der Waals surface area contributed by atoms with Crippen molar-refractivity contribution in [1.82, 2.24) is 19.8 Å². The fourth-order valence-corrected chi connectivity index (χ4v) is 2.43. The number of aromatic amines is 1. The molecule has 0 saturated heterocycles. The molecule has 3 rings (SSSR count). The molecule has 0 aliphatic heterocycles. The summed E-state index contributed by atoms with van der Waals surface area (Å²) in [5.74, 6) is 0. The van der Waals surface area contributed by atoms with Crippen LogP contribution in [0.25, 0.3) is 16.2 Å². The van der Waals surface area contributed by atoms with Crippen LogP contribution in [0.2, 0.25) is 0 Å². The first-order valence-electron chi connectivity index (χ1n) is 4.80. The van der Waals surface area contributed by atoms with E-state index in [0.29, 0.717) is 14.6 Å². The van der Waals surface area contributed by atoms with Gasteiger partial charge in [0.2, 0.25) is 4.96 Å². The van der Waals surface area contributed by atoms with Gasteiger partial charge in [-0.25, -0.2) is 0 Å². The lowest BCUT2D eigenvalue weighted by Crippen LogP contribution is -2.18. The summed E-state index contributed by atoms with van der Waals surface area (Å²) in [5.41, 5.74) is 0.811. The number of H-pyrrole nitrogens is 1. The van der Waals surface area contributed by atoms with Crippen LogP contribution in [0.15, 0.2) is 35.1 Å². The molecule has 0 radical (unpaired) electrons. The fraction of sp³-hybridized carbons (Fsp3) is 0. The Morgan fingerprint density at radius 3 is 2.76 bits per heavy atom. The molecule has 0 fully saturated rings. The Labute approximate surface area is 104 Å². The molecule has 7 heteroatoms. The van der Waals surface area contributed by atoms with Gasteiger partial charge in [0, 0.05) is 5.56 Å². The molecule has 1 aromatic carbocycles. The second kappa shape index (κ2) is 3.86. The summed E-state index contributed by atoms with van der Waals surface area (Å²) in [6.45, 7) is 0. The van der Waals surface area contributed by atoms with E-state index >= 15 is 0 Å². The first-order valence-corrected chi connectivity index (χ1v) is 6.02. The molecule has 2 aromatic heterocycles. The molecule has 0 atom stereocenters. The summed E-state index contributed by atoms with van der Waals surface area (Å²) in [6.07, 6.45) is 0. The summed E-state index contributed by atoms with van der Waals surface area (Å²) in [6, 6.07) is 9.21. The van der Waals surface area contributed by atoms with Crippen LogP contribution in [0, 0.1) is 3.95 Å². The Kier molecular flexibility index (Phi) is 2.34. The highest BCUT2D eigenvalue weighted by Crippen LogP contribution is 2.12. The Bertz CT molecular complexity index is 787. The average molecular weight is 262 g/mol. The molecule has 84 valence electrons. The van der Waals surface area contributed by atoms with Crippen molar-refractivity contribution in [3.8, 4) is 11.3 Å². The highest BCUT2D eigenvalue weighted by Gasteiger charge is 2.10. The fourth-order valence-electron chi connectivity index (χ4n) is 1.51. The van der Waals surface area contributed by atoms with Crippen molar-refractivity contribution in [3.63, 3.8) is 0 Å². The maximum atomic E-state index is 12.1. The standard InChI is InChI=1S/C10H6N4OS2/c15-8-7(6-4-2-1-3-5-6)11-12-9-14(8)13-10(16)17-9/h1-5H,(H,13,16). The molecule has 0 aliphatic carbocycles. The van der Waals surface area contributed by atoms with Crippen LogP contribution in [-0.4, -0.2) is 19.8 Å². The highest BCUT2D eigenvalue weighted by atomic mass is 32.1. The minimum atomic E-state index is -0.242. The third-order valence-electron chi connectivity index (χ3n) is 2.27.